The van der Waals surface area contributed by atoms with Crippen molar-refractivity contribution in [2.45, 2.75) is 13.5 Å². The van der Waals surface area contributed by atoms with Gasteiger partial charge in [-0.1, -0.05) is 11.2 Å². The Labute approximate surface area is 77.3 Å². The largest absolute Gasteiger partial charge is 0.411 e. The minimum atomic E-state index is 0.576. The maximum absolute atomic E-state index is 8.36. The molecule has 0 spiro atoms. The van der Waals surface area contributed by atoms with E-state index in [1.807, 2.05) is 18.2 Å². The zero-order valence-corrected chi connectivity index (χ0v) is 7.57. The van der Waals surface area contributed by atoms with Gasteiger partial charge in [0.05, 0.1) is 11.4 Å². The van der Waals surface area contributed by atoms with Crippen molar-refractivity contribution in [2.75, 3.05) is 6.54 Å². The Kier molecular flexibility index (Phi) is 3.92. The van der Waals surface area contributed by atoms with E-state index in [9.17, 15) is 0 Å². The molecule has 0 fully saturated rings. The van der Waals surface area contributed by atoms with Crippen LogP contribution in [-0.2, 0) is 6.54 Å². The fraction of sp³-hybridized carbons (Fsp3) is 0.333. The Hall–Kier alpha value is -1.42. The highest BCUT2D eigenvalue weighted by molar-refractivity contribution is 5.83. The van der Waals surface area contributed by atoms with E-state index in [2.05, 4.69) is 15.5 Å². The third-order valence-electron chi connectivity index (χ3n) is 1.58. The van der Waals surface area contributed by atoms with Crippen molar-refractivity contribution >= 4 is 5.71 Å². The molecule has 0 radical (unpaired) electrons. The third-order valence-corrected chi connectivity index (χ3v) is 1.58. The average Bonchev–Trinajstić information content (AvgIpc) is 2.19. The van der Waals surface area contributed by atoms with E-state index in [4.69, 9.17) is 5.21 Å². The second kappa shape index (κ2) is 5.27. The minimum Gasteiger partial charge on any atom is -0.411 e. The second-order valence-corrected chi connectivity index (χ2v) is 2.76. The average molecular weight is 179 g/mol. The molecule has 0 aliphatic heterocycles. The SMILES string of the molecule is C/C(CNCc1ccccn1)=N\O. The highest BCUT2D eigenvalue weighted by Crippen LogP contribution is 1.91. The van der Waals surface area contributed by atoms with Gasteiger partial charge in [-0.2, -0.15) is 0 Å². The van der Waals surface area contributed by atoms with Gasteiger partial charge in [-0.25, -0.2) is 0 Å². The number of rotatable bonds is 4. The first-order chi connectivity index (χ1) is 6.33. The molecule has 0 aromatic carbocycles. The van der Waals surface area contributed by atoms with Crippen molar-refractivity contribution in [3.05, 3.63) is 30.1 Å². The summed E-state index contributed by atoms with van der Waals surface area (Å²) in [7, 11) is 0. The van der Waals surface area contributed by atoms with Gasteiger partial charge in [0.25, 0.3) is 0 Å². The fourth-order valence-electron chi connectivity index (χ4n) is 0.910. The molecule has 0 unspecified atom stereocenters. The predicted molar refractivity (Wildman–Crippen MR) is 50.8 cm³/mol. The molecule has 1 rings (SSSR count). The van der Waals surface area contributed by atoms with Crippen LogP contribution in [-0.4, -0.2) is 22.4 Å². The lowest BCUT2D eigenvalue weighted by atomic mass is 10.3. The highest BCUT2D eigenvalue weighted by atomic mass is 16.4. The molecule has 0 saturated heterocycles. The number of nitrogens with one attached hydrogen (secondary N) is 1. The van der Waals surface area contributed by atoms with Crippen LogP contribution in [0.15, 0.2) is 29.6 Å². The Morgan fingerprint density at radius 1 is 1.62 bits per heavy atom. The normalized spacial score (nSPS) is 11.6. The van der Waals surface area contributed by atoms with E-state index in [1.165, 1.54) is 0 Å². The highest BCUT2D eigenvalue weighted by Gasteiger charge is 1.93. The van der Waals surface area contributed by atoms with Crippen LogP contribution in [0, 0.1) is 0 Å². The molecule has 0 amide bonds. The lowest BCUT2D eigenvalue weighted by Crippen LogP contribution is -2.21. The van der Waals surface area contributed by atoms with Gasteiger partial charge in [-0.3, -0.25) is 4.98 Å². The van der Waals surface area contributed by atoms with Crippen molar-refractivity contribution in [3.63, 3.8) is 0 Å². The van der Waals surface area contributed by atoms with E-state index in [1.54, 1.807) is 13.1 Å². The van der Waals surface area contributed by atoms with E-state index in [0.717, 1.165) is 5.69 Å². The molecule has 2 N–H and O–H groups in total. The molecule has 13 heavy (non-hydrogen) atoms. The summed E-state index contributed by atoms with van der Waals surface area (Å²) in [6.07, 6.45) is 1.75. The third kappa shape index (κ3) is 3.66. The first-order valence-corrected chi connectivity index (χ1v) is 4.11. The molecule has 1 heterocycles. The number of aromatic nitrogens is 1. The Bertz CT molecular complexity index is 271. The maximum Gasteiger partial charge on any atom is 0.0677 e. The summed E-state index contributed by atoms with van der Waals surface area (Å²) in [5.41, 5.74) is 1.64. The second-order valence-electron chi connectivity index (χ2n) is 2.76. The molecular weight excluding hydrogens is 166 g/mol. The van der Waals surface area contributed by atoms with Crippen molar-refractivity contribution < 1.29 is 5.21 Å². The number of hydrogen-bond acceptors (Lipinski definition) is 4. The van der Waals surface area contributed by atoms with Gasteiger partial charge in [-0.15, -0.1) is 0 Å². The van der Waals surface area contributed by atoms with Crippen molar-refractivity contribution in [1.29, 1.82) is 0 Å². The van der Waals surface area contributed by atoms with Crippen LogP contribution < -0.4 is 5.32 Å². The molecule has 0 atom stereocenters. The first kappa shape index (κ1) is 9.67. The van der Waals surface area contributed by atoms with E-state index in [0.29, 0.717) is 18.8 Å². The Balaban J connectivity index is 2.28. The van der Waals surface area contributed by atoms with Crippen LogP contribution in [0.25, 0.3) is 0 Å². The fourth-order valence-corrected chi connectivity index (χ4v) is 0.910. The monoisotopic (exact) mass is 179 g/mol. The van der Waals surface area contributed by atoms with Crippen molar-refractivity contribution in [3.8, 4) is 0 Å². The molecule has 0 aliphatic carbocycles. The van der Waals surface area contributed by atoms with Gasteiger partial charge in [0.2, 0.25) is 0 Å². The Morgan fingerprint density at radius 3 is 3.08 bits per heavy atom. The Morgan fingerprint density at radius 2 is 2.46 bits per heavy atom. The summed E-state index contributed by atoms with van der Waals surface area (Å²) >= 11 is 0. The minimum absolute atomic E-state index is 0.576. The number of hydrogen-bond donors (Lipinski definition) is 2. The summed E-state index contributed by atoms with van der Waals surface area (Å²) in [6, 6.07) is 5.76. The molecule has 0 saturated carbocycles. The number of pyridine rings is 1. The van der Waals surface area contributed by atoms with Gasteiger partial charge in [0.15, 0.2) is 0 Å². The molecule has 4 nitrogen and oxygen atoms in total. The maximum atomic E-state index is 8.36. The van der Waals surface area contributed by atoms with Crippen molar-refractivity contribution in [2.24, 2.45) is 5.16 Å². The predicted octanol–water partition coefficient (Wildman–Crippen LogP) is 1.02. The molecule has 1 aromatic rings. The topological polar surface area (TPSA) is 57.5 Å². The molecule has 0 aliphatic rings. The summed E-state index contributed by atoms with van der Waals surface area (Å²) in [4.78, 5) is 4.14. The van der Waals surface area contributed by atoms with Crippen LogP contribution in [0.1, 0.15) is 12.6 Å². The molecule has 4 heteroatoms. The lowest BCUT2D eigenvalue weighted by molar-refractivity contribution is 0.317. The standard InChI is InChI=1S/C9H13N3O/c1-8(12-13)6-10-7-9-4-2-3-5-11-9/h2-5,10,13H,6-7H2,1H3/b12-8+. The van der Waals surface area contributed by atoms with Gasteiger partial charge in [-0.05, 0) is 19.1 Å². The van der Waals surface area contributed by atoms with E-state index < -0.39 is 0 Å². The quantitative estimate of drug-likeness (QED) is 0.412. The van der Waals surface area contributed by atoms with Crippen LogP contribution in [0.3, 0.4) is 0 Å². The summed E-state index contributed by atoms with van der Waals surface area (Å²) in [5.74, 6) is 0. The van der Waals surface area contributed by atoms with Crippen molar-refractivity contribution in [1.82, 2.24) is 10.3 Å². The van der Waals surface area contributed by atoms with Gasteiger partial charge < -0.3 is 10.5 Å². The van der Waals surface area contributed by atoms with E-state index in [-0.39, 0.29) is 0 Å². The van der Waals surface area contributed by atoms with Gasteiger partial charge in [0, 0.05) is 19.3 Å². The van der Waals surface area contributed by atoms with Crippen LogP contribution >= 0.6 is 0 Å². The summed E-state index contributed by atoms with van der Waals surface area (Å²) < 4.78 is 0. The lowest BCUT2D eigenvalue weighted by Gasteiger charge is -2.01. The molecule has 1 aromatic heterocycles. The molecule has 0 bridgehead atoms. The molecular formula is C9H13N3O. The van der Waals surface area contributed by atoms with E-state index >= 15 is 0 Å². The zero-order valence-electron chi connectivity index (χ0n) is 7.57. The van der Waals surface area contributed by atoms with Crippen LogP contribution in [0.5, 0.6) is 0 Å². The van der Waals surface area contributed by atoms with Crippen LogP contribution in [0.2, 0.25) is 0 Å². The number of oxime groups is 1. The van der Waals surface area contributed by atoms with Gasteiger partial charge >= 0.3 is 0 Å². The zero-order chi connectivity index (χ0) is 9.52. The number of nitrogens with zero attached hydrogens (tertiary/aromatic N) is 2. The van der Waals surface area contributed by atoms with Gasteiger partial charge in [0.1, 0.15) is 0 Å². The molecule has 70 valence electrons. The first-order valence-electron chi connectivity index (χ1n) is 4.11. The smallest absolute Gasteiger partial charge is 0.0677 e. The van der Waals surface area contributed by atoms with Crippen LogP contribution in [0.4, 0.5) is 0 Å². The summed E-state index contributed by atoms with van der Waals surface area (Å²) in [6.45, 7) is 3.02. The summed E-state index contributed by atoms with van der Waals surface area (Å²) in [5, 5.41) is 14.5.